The van der Waals surface area contributed by atoms with Crippen LogP contribution in [0.25, 0.3) is 0 Å². The summed E-state index contributed by atoms with van der Waals surface area (Å²) in [5, 5.41) is 0.978. The predicted molar refractivity (Wildman–Crippen MR) is 73.6 cm³/mol. The molecule has 0 aromatic carbocycles. The summed E-state index contributed by atoms with van der Waals surface area (Å²) < 4.78 is 0. The molecule has 3 aliphatic rings. The minimum absolute atomic E-state index is 0.0631. The van der Waals surface area contributed by atoms with E-state index in [2.05, 4.69) is 15.9 Å². The Bertz CT molecular complexity index is 366. The van der Waals surface area contributed by atoms with Crippen molar-refractivity contribution in [2.75, 3.05) is 5.33 Å². The number of rotatable bonds is 1. The maximum absolute atomic E-state index is 12.6. The summed E-state index contributed by atoms with van der Waals surface area (Å²) in [6.45, 7) is 0. The van der Waals surface area contributed by atoms with Gasteiger partial charge in [-0.15, -0.1) is 0 Å². The van der Waals surface area contributed by atoms with Gasteiger partial charge in [0, 0.05) is 29.0 Å². The highest BCUT2D eigenvalue weighted by Gasteiger charge is 2.51. The van der Waals surface area contributed by atoms with Crippen LogP contribution in [0.15, 0.2) is 0 Å². The molecule has 18 heavy (non-hydrogen) atoms. The van der Waals surface area contributed by atoms with E-state index in [4.69, 9.17) is 0 Å². The van der Waals surface area contributed by atoms with Gasteiger partial charge in [-0.25, -0.2) is 0 Å². The summed E-state index contributed by atoms with van der Waals surface area (Å²) in [6, 6.07) is 0. The van der Waals surface area contributed by atoms with Crippen molar-refractivity contribution < 1.29 is 9.59 Å². The van der Waals surface area contributed by atoms with Crippen LogP contribution in [-0.2, 0) is 9.59 Å². The Morgan fingerprint density at radius 2 is 1.39 bits per heavy atom. The third-order valence-corrected chi connectivity index (χ3v) is 6.32. The zero-order chi connectivity index (χ0) is 12.7. The topological polar surface area (TPSA) is 34.1 Å². The standard InChI is InChI=1S/C15H21BrO2/c16-8-9-5-6-12-13(7-9)15(18)11-4-2-1-3-10(11)14(12)17/h9-13H,1-8H2. The van der Waals surface area contributed by atoms with Crippen molar-refractivity contribution in [1.82, 2.24) is 0 Å². The van der Waals surface area contributed by atoms with Gasteiger partial charge in [0.1, 0.15) is 11.6 Å². The van der Waals surface area contributed by atoms with Crippen LogP contribution < -0.4 is 0 Å². The molecule has 3 aliphatic carbocycles. The van der Waals surface area contributed by atoms with Crippen LogP contribution in [0.5, 0.6) is 0 Å². The summed E-state index contributed by atoms with van der Waals surface area (Å²) in [7, 11) is 0. The first kappa shape index (κ1) is 12.8. The molecule has 0 aliphatic heterocycles. The van der Waals surface area contributed by atoms with E-state index in [0.29, 0.717) is 17.5 Å². The van der Waals surface area contributed by atoms with Gasteiger partial charge in [-0.05, 0) is 38.0 Å². The summed E-state index contributed by atoms with van der Waals surface area (Å²) in [4.78, 5) is 25.2. The molecule has 0 N–H and O–H groups in total. The predicted octanol–water partition coefficient (Wildman–Crippen LogP) is 3.37. The molecule has 0 saturated heterocycles. The summed E-state index contributed by atoms with van der Waals surface area (Å²) >= 11 is 3.54. The number of alkyl halides is 1. The molecule has 0 spiro atoms. The van der Waals surface area contributed by atoms with Gasteiger partial charge in [-0.2, -0.15) is 0 Å². The average Bonchev–Trinajstić information content (AvgIpc) is 2.44. The van der Waals surface area contributed by atoms with Crippen LogP contribution in [0.1, 0.15) is 44.9 Å². The van der Waals surface area contributed by atoms with E-state index in [1.54, 1.807) is 0 Å². The minimum Gasteiger partial charge on any atom is -0.299 e. The normalized spacial score (nSPS) is 44.4. The van der Waals surface area contributed by atoms with E-state index < -0.39 is 0 Å². The fourth-order valence-corrected chi connectivity index (χ4v) is 5.00. The number of halogens is 1. The third kappa shape index (κ3) is 1.99. The first-order valence-corrected chi connectivity index (χ1v) is 8.48. The SMILES string of the molecule is O=C1C2CCCCC2C(=O)C2CC(CBr)CCC12. The molecule has 0 aromatic heterocycles. The lowest BCUT2D eigenvalue weighted by molar-refractivity contribution is -0.151. The lowest BCUT2D eigenvalue weighted by atomic mass is 9.57. The number of carbonyl (C=O) groups is 2. The molecule has 3 fully saturated rings. The van der Waals surface area contributed by atoms with Crippen molar-refractivity contribution in [2.45, 2.75) is 44.9 Å². The number of carbonyl (C=O) groups excluding carboxylic acids is 2. The fourth-order valence-electron chi connectivity index (χ4n) is 4.41. The molecule has 3 saturated carbocycles. The summed E-state index contributed by atoms with van der Waals surface area (Å²) in [5.41, 5.74) is 0. The van der Waals surface area contributed by atoms with Crippen LogP contribution in [0, 0.1) is 29.6 Å². The van der Waals surface area contributed by atoms with E-state index in [0.717, 1.165) is 50.3 Å². The van der Waals surface area contributed by atoms with Crippen LogP contribution in [-0.4, -0.2) is 16.9 Å². The largest absolute Gasteiger partial charge is 0.299 e. The molecule has 0 aromatic rings. The highest BCUT2D eigenvalue weighted by Crippen LogP contribution is 2.47. The minimum atomic E-state index is 0.0631. The van der Waals surface area contributed by atoms with Crippen LogP contribution in [0.3, 0.4) is 0 Å². The van der Waals surface area contributed by atoms with Crippen molar-refractivity contribution in [3.63, 3.8) is 0 Å². The zero-order valence-electron chi connectivity index (χ0n) is 10.7. The number of ketones is 2. The van der Waals surface area contributed by atoms with Gasteiger partial charge in [0.25, 0.3) is 0 Å². The Balaban J connectivity index is 1.84. The van der Waals surface area contributed by atoms with E-state index >= 15 is 0 Å². The smallest absolute Gasteiger partial charge is 0.140 e. The second kappa shape index (κ2) is 5.07. The van der Waals surface area contributed by atoms with Gasteiger partial charge in [-0.3, -0.25) is 9.59 Å². The Kier molecular flexibility index (Phi) is 3.61. The molecule has 5 unspecified atom stereocenters. The fraction of sp³-hybridized carbons (Fsp3) is 0.867. The first-order chi connectivity index (χ1) is 8.72. The molecule has 3 heteroatoms. The Morgan fingerprint density at radius 1 is 0.833 bits per heavy atom. The second-order valence-corrected chi connectivity index (χ2v) is 7.00. The van der Waals surface area contributed by atoms with Crippen molar-refractivity contribution in [3.8, 4) is 0 Å². The van der Waals surface area contributed by atoms with Crippen molar-refractivity contribution in [2.24, 2.45) is 29.6 Å². The molecular weight excluding hydrogens is 292 g/mol. The molecular formula is C15H21BrO2. The van der Waals surface area contributed by atoms with E-state index in [9.17, 15) is 9.59 Å². The molecule has 2 nitrogen and oxygen atoms in total. The van der Waals surface area contributed by atoms with Crippen molar-refractivity contribution in [1.29, 1.82) is 0 Å². The molecule has 0 radical (unpaired) electrons. The Labute approximate surface area is 117 Å². The maximum Gasteiger partial charge on any atom is 0.140 e. The van der Waals surface area contributed by atoms with Gasteiger partial charge in [0.2, 0.25) is 0 Å². The van der Waals surface area contributed by atoms with Gasteiger partial charge >= 0.3 is 0 Å². The molecule has 3 rings (SSSR count). The summed E-state index contributed by atoms with van der Waals surface area (Å²) in [6.07, 6.45) is 7.24. The Hall–Kier alpha value is -0.180. The second-order valence-electron chi connectivity index (χ2n) is 6.35. The van der Waals surface area contributed by atoms with Crippen LogP contribution in [0.2, 0.25) is 0 Å². The lowest BCUT2D eigenvalue weighted by Crippen LogP contribution is -2.50. The van der Waals surface area contributed by atoms with Crippen LogP contribution in [0.4, 0.5) is 0 Å². The number of hydrogen-bond acceptors (Lipinski definition) is 2. The molecule has 5 atom stereocenters. The van der Waals surface area contributed by atoms with Gasteiger partial charge in [0.05, 0.1) is 0 Å². The van der Waals surface area contributed by atoms with E-state index in [1.165, 1.54) is 0 Å². The van der Waals surface area contributed by atoms with Crippen molar-refractivity contribution in [3.05, 3.63) is 0 Å². The zero-order valence-corrected chi connectivity index (χ0v) is 12.3. The molecule has 0 heterocycles. The maximum atomic E-state index is 12.6. The number of hydrogen-bond donors (Lipinski definition) is 0. The van der Waals surface area contributed by atoms with Crippen molar-refractivity contribution >= 4 is 27.5 Å². The molecule has 0 bridgehead atoms. The molecule has 100 valence electrons. The highest BCUT2D eigenvalue weighted by molar-refractivity contribution is 9.09. The monoisotopic (exact) mass is 312 g/mol. The lowest BCUT2D eigenvalue weighted by Gasteiger charge is -2.45. The average molecular weight is 313 g/mol. The van der Waals surface area contributed by atoms with Gasteiger partial charge < -0.3 is 0 Å². The number of Topliss-reactive ketones (excluding diaryl/α,β-unsaturated/α-hetero) is 2. The van der Waals surface area contributed by atoms with Crippen LogP contribution >= 0.6 is 15.9 Å². The highest BCUT2D eigenvalue weighted by atomic mass is 79.9. The van der Waals surface area contributed by atoms with E-state index in [-0.39, 0.29) is 23.7 Å². The summed E-state index contributed by atoms with van der Waals surface area (Å²) in [5.74, 6) is 1.80. The third-order valence-electron chi connectivity index (χ3n) is 5.40. The van der Waals surface area contributed by atoms with Gasteiger partial charge in [-0.1, -0.05) is 28.8 Å². The molecule has 0 amide bonds. The van der Waals surface area contributed by atoms with E-state index in [1.807, 2.05) is 0 Å². The quantitative estimate of drug-likeness (QED) is 0.696. The van der Waals surface area contributed by atoms with Gasteiger partial charge in [0.15, 0.2) is 0 Å². The Morgan fingerprint density at radius 3 is 2.00 bits per heavy atom. The number of fused-ring (bicyclic) bond motifs is 2. The first-order valence-electron chi connectivity index (χ1n) is 7.35.